The molecule has 1 aromatic carbocycles. The Bertz CT molecular complexity index is 707. The zero-order valence-electron chi connectivity index (χ0n) is 19.7. The summed E-state index contributed by atoms with van der Waals surface area (Å²) in [5.41, 5.74) is 5.13. The lowest BCUT2D eigenvalue weighted by Gasteiger charge is -2.44. The quantitative estimate of drug-likeness (QED) is 0.389. The molecule has 0 saturated carbocycles. The van der Waals surface area contributed by atoms with Crippen LogP contribution in [0.3, 0.4) is 0 Å². The number of aromatic nitrogens is 1. The molecule has 0 aliphatic heterocycles. The molecule has 0 aliphatic rings. The van der Waals surface area contributed by atoms with Crippen molar-refractivity contribution >= 4 is 19.1 Å². The van der Waals surface area contributed by atoms with Crippen molar-refractivity contribution in [3.63, 3.8) is 0 Å². The molecule has 0 aliphatic carbocycles. The van der Waals surface area contributed by atoms with Gasteiger partial charge in [0.2, 0.25) is 0 Å². The van der Waals surface area contributed by atoms with E-state index in [9.17, 15) is 0 Å². The van der Waals surface area contributed by atoms with E-state index < -0.39 is 8.24 Å². The average Bonchev–Trinajstić information content (AvgIpc) is 2.98. The van der Waals surface area contributed by atoms with Crippen molar-refractivity contribution in [1.82, 2.24) is 9.55 Å². The van der Waals surface area contributed by atoms with Gasteiger partial charge in [-0.1, -0.05) is 80.0 Å². The van der Waals surface area contributed by atoms with Gasteiger partial charge in [0.1, 0.15) is 0 Å². The van der Waals surface area contributed by atoms with Gasteiger partial charge in [-0.25, -0.2) is 0 Å². The second-order valence-electron chi connectivity index (χ2n) is 9.54. The van der Waals surface area contributed by atoms with Crippen molar-refractivity contribution < 1.29 is 0 Å². The maximum Gasteiger partial charge on any atom is 0.169 e. The number of rotatable bonds is 11. The molecular formula is C25H44N2Si. The van der Waals surface area contributed by atoms with E-state index in [1.807, 2.05) is 0 Å². The number of para-hydroxylation sites is 1. The third-order valence-corrected chi connectivity index (χ3v) is 13.5. The Labute approximate surface area is 175 Å². The van der Waals surface area contributed by atoms with Gasteiger partial charge in [0.05, 0.1) is 0 Å². The molecule has 3 heteroatoms. The fourth-order valence-corrected chi connectivity index (χ4v) is 12.5. The van der Waals surface area contributed by atoms with E-state index in [0.29, 0.717) is 22.7 Å². The smallest absolute Gasteiger partial charge is 0.169 e. The average molecular weight is 401 g/mol. The van der Waals surface area contributed by atoms with Gasteiger partial charge in [-0.05, 0) is 60.3 Å². The van der Waals surface area contributed by atoms with Crippen LogP contribution in [0.15, 0.2) is 30.5 Å². The molecule has 2 nitrogen and oxygen atoms in total. The summed E-state index contributed by atoms with van der Waals surface area (Å²) in [4.78, 5) is 0. The van der Waals surface area contributed by atoms with Gasteiger partial charge in [0.25, 0.3) is 0 Å². The summed E-state index contributed by atoms with van der Waals surface area (Å²) >= 11 is 0. The summed E-state index contributed by atoms with van der Waals surface area (Å²) in [6, 6.07) is 9.74. The highest BCUT2D eigenvalue weighted by molar-refractivity contribution is 6.82. The summed E-state index contributed by atoms with van der Waals surface area (Å²) in [6.45, 7) is 20.5. The van der Waals surface area contributed by atoms with Gasteiger partial charge in [-0.15, -0.1) is 0 Å². The predicted octanol–water partition coefficient (Wildman–Crippen LogP) is 7.38. The van der Waals surface area contributed by atoms with Gasteiger partial charge in [-0.3, -0.25) is 0 Å². The first kappa shape index (κ1) is 23.2. The van der Waals surface area contributed by atoms with Crippen molar-refractivity contribution in [2.75, 3.05) is 6.54 Å². The molecule has 1 aromatic heterocycles. The molecule has 1 N–H and O–H groups in total. The van der Waals surface area contributed by atoms with Crippen molar-refractivity contribution in [3.05, 3.63) is 36.0 Å². The first-order valence-electron chi connectivity index (χ1n) is 11.6. The van der Waals surface area contributed by atoms with E-state index in [4.69, 9.17) is 0 Å². The monoisotopic (exact) mass is 400 g/mol. The van der Waals surface area contributed by atoms with Gasteiger partial charge in [0, 0.05) is 16.9 Å². The fourth-order valence-electron chi connectivity index (χ4n) is 5.81. The molecule has 0 saturated heterocycles. The summed E-state index contributed by atoms with van der Waals surface area (Å²) in [7, 11) is -1.75. The van der Waals surface area contributed by atoms with Gasteiger partial charge >= 0.3 is 0 Å². The largest absolute Gasteiger partial charge is 0.373 e. The number of hydrogen-bond acceptors (Lipinski definition) is 1. The Kier molecular flexibility index (Phi) is 8.39. The van der Waals surface area contributed by atoms with Gasteiger partial charge in [0.15, 0.2) is 8.24 Å². The van der Waals surface area contributed by atoms with E-state index >= 15 is 0 Å². The van der Waals surface area contributed by atoms with E-state index in [2.05, 4.69) is 95.4 Å². The molecular weight excluding hydrogens is 356 g/mol. The van der Waals surface area contributed by atoms with Crippen LogP contribution in [0.1, 0.15) is 80.2 Å². The van der Waals surface area contributed by atoms with Crippen LogP contribution in [0, 0.1) is 0 Å². The van der Waals surface area contributed by atoms with E-state index in [0.717, 1.165) is 13.0 Å². The lowest BCUT2D eigenvalue weighted by Crippen LogP contribution is -2.51. The molecule has 158 valence electrons. The SMILES string of the molecule is CCCNC(CCC)Cc1cn([Si](C(C)C)(C(C)C)C(C)C)c2ccccc12. The molecule has 2 rings (SSSR count). The van der Waals surface area contributed by atoms with Gasteiger partial charge in [-0.2, -0.15) is 0 Å². The predicted molar refractivity (Wildman–Crippen MR) is 129 cm³/mol. The summed E-state index contributed by atoms with van der Waals surface area (Å²) in [5.74, 6) is 0. The zero-order valence-corrected chi connectivity index (χ0v) is 20.7. The zero-order chi connectivity index (χ0) is 20.9. The fraction of sp³-hybridized carbons (Fsp3) is 0.680. The van der Waals surface area contributed by atoms with Gasteiger partial charge < -0.3 is 9.55 Å². The van der Waals surface area contributed by atoms with Crippen molar-refractivity contribution in [3.8, 4) is 0 Å². The van der Waals surface area contributed by atoms with Crippen LogP contribution in [-0.2, 0) is 6.42 Å². The molecule has 0 bridgehead atoms. The van der Waals surface area contributed by atoms with E-state index in [-0.39, 0.29) is 0 Å². The summed E-state index contributed by atoms with van der Waals surface area (Å²) < 4.78 is 2.79. The normalized spacial score (nSPS) is 14.0. The van der Waals surface area contributed by atoms with Crippen LogP contribution in [0.25, 0.3) is 10.9 Å². The Hall–Kier alpha value is -1.06. The molecule has 2 aromatic rings. The highest BCUT2D eigenvalue weighted by atomic mass is 28.3. The Morgan fingerprint density at radius 3 is 2.04 bits per heavy atom. The van der Waals surface area contributed by atoms with Crippen LogP contribution < -0.4 is 5.32 Å². The maximum absolute atomic E-state index is 3.80. The Morgan fingerprint density at radius 2 is 1.50 bits per heavy atom. The molecule has 1 unspecified atom stereocenters. The van der Waals surface area contributed by atoms with Crippen LogP contribution in [0.5, 0.6) is 0 Å². The second kappa shape index (κ2) is 10.1. The maximum atomic E-state index is 3.80. The van der Waals surface area contributed by atoms with E-state index in [1.54, 1.807) is 0 Å². The van der Waals surface area contributed by atoms with Crippen LogP contribution in [-0.4, -0.2) is 25.1 Å². The number of benzene rings is 1. The lowest BCUT2D eigenvalue weighted by atomic mass is 10.0. The van der Waals surface area contributed by atoms with E-state index in [1.165, 1.54) is 35.7 Å². The van der Waals surface area contributed by atoms with Crippen molar-refractivity contribution in [2.45, 2.75) is 104 Å². The topological polar surface area (TPSA) is 17.0 Å². The standard InChI is InChI=1S/C25H44N2Si/c1-9-13-23(26-16-10-2)17-22-18-27(25-15-12-11-14-24(22)25)28(19(3)4,20(5)6)21(7)8/h11-12,14-15,18-21,23,26H,9-10,13,16-17H2,1-8H3. The lowest BCUT2D eigenvalue weighted by molar-refractivity contribution is 0.473. The first-order valence-corrected chi connectivity index (χ1v) is 13.8. The molecule has 0 amide bonds. The van der Waals surface area contributed by atoms with Crippen molar-refractivity contribution in [1.29, 1.82) is 0 Å². The molecule has 1 atom stereocenters. The summed E-state index contributed by atoms with van der Waals surface area (Å²) in [5, 5.41) is 5.27. The van der Waals surface area contributed by atoms with Crippen LogP contribution >= 0.6 is 0 Å². The Morgan fingerprint density at radius 1 is 0.893 bits per heavy atom. The minimum absolute atomic E-state index is 0.581. The minimum Gasteiger partial charge on any atom is -0.373 e. The first-order chi connectivity index (χ1) is 13.3. The number of hydrogen-bond donors (Lipinski definition) is 1. The second-order valence-corrected chi connectivity index (χ2v) is 15.3. The minimum atomic E-state index is -1.75. The summed E-state index contributed by atoms with van der Waals surface area (Å²) in [6.07, 6.45) is 7.39. The molecule has 0 fully saturated rings. The Balaban J connectivity index is 2.60. The third-order valence-electron chi connectivity index (χ3n) is 6.77. The molecule has 0 spiro atoms. The highest BCUT2D eigenvalue weighted by Crippen LogP contribution is 2.44. The van der Waals surface area contributed by atoms with Crippen LogP contribution in [0.4, 0.5) is 0 Å². The molecule has 1 heterocycles. The van der Waals surface area contributed by atoms with Crippen LogP contribution in [0.2, 0.25) is 16.6 Å². The molecule has 28 heavy (non-hydrogen) atoms. The highest BCUT2D eigenvalue weighted by Gasteiger charge is 2.46. The third kappa shape index (κ3) is 4.41. The number of nitrogens with zero attached hydrogens (tertiary/aromatic N) is 1. The molecule has 0 radical (unpaired) electrons. The number of fused-ring (bicyclic) bond motifs is 1. The van der Waals surface area contributed by atoms with Crippen molar-refractivity contribution in [2.24, 2.45) is 0 Å². The number of nitrogens with one attached hydrogen (secondary N) is 1.